The highest BCUT2D eigenvalue weighted by atomic mass is 16.5. The first kappa shape index (κ1) is 15.5. The first-order valence-electron chi connectivity index (χ1n) is 8.89. The van der Waals surface area contributed by atoms with E-state index in [1.54, 1.807) is 6.33 Å². The number of aromatic amines is 1. The Hall–Kier alpha value is -2.74. The quantitative estimate of drug-likeness (QED) is 0.770. The summed E-state index contributed by atoms with van der Waals surface area (Å²) in [5.41, 5.74) is 3.01. The average molecular weight is 352 g/mol. The number of aromatic nitrogens is 5. The van der Waals surface area contributed by atoms with Crippen LogP contribution in [-0.4, -0.2) is 57.1 Å². The summed E-state index contributed by atoms with van der Waals surface area (Å²) in [4.78, 5) is 15.7. The van der Waals surface area contributed by atoms with E-state index in [0.29, 0.717) is 24.8 Å². The molecule has 2 fully saturated rings. The number of hydrogen-bond donors (Lipinski definition) is 1. The van der Waals surface area contributed by atoms with Crippen LogP contribution < -0.4 is 9.64 Å². The van der Waals surface area contributed by atoms with Crippen molar-refractivity contribution in [2.24, 2.45) is 0 Å². The molecule has 1 aliphatic carbocycles. The van der Waals surface area contributed by atoms with Crippen molar-refractivity contribution < 1.29 is 9.47 Å². The molecule has 0 atom stereocenters. The van der Waals surface area contributed by atoms with Gasteiger partial charge in [-0.1, -0.05) is 0 Å². The van der Waals surface area contributed by atoms with E-state index >= 15 is 0 Å². The number of pyridine rings is 1. The van der Waals surface area contributed by atoms with Crippen molar-refractivity contribution in [2.45, 2.75) is 25.4 Å². The Balaban J connectivity index is 1.50. The fourth-order valence-corrected chi connectivity index (χ4v) is 3.09. The molecular weight excluding hydrogens is 332 g/mol. The molecule has 0 aromatic carbocycles. The number of morpholine rings is 1. The molecule has 134 valence electrons. The topological polar surface area (TPSA) is 89.0 Å². The number of anilines is 1. The molecule has 3 aromatic heterocycles. The van der Waals surface area contributed by atoms with Gasteiger partial charge in [0, 0.05) is 25.2 Å². The summed E-state index contributed by atoms with van der Waals surface area (Å²) in [7, 11) is 0. The van der Waals surface area contributed by atoms with Crippen LogP contribution in [0.15, 0.2) is 24.5 Å². The fourth-order valence-electron chi connectivity index (χ4n) is 3.09. The summed E-state index contributed by atoms with van der Waals surface area (Å²) in [5, 5.41) is 7.46. The number of nitrogens with zero attached hydrogens (tertiary/aromatic N) is 5. The Labute approximate surface area is 150 Å². The Kier molecular flexibility index (Phi) is 3.53. The van der Waals surface area contributed by atoms with Gasteiger partial charge in [0.1, 0.15) is 29.0 Å². The summed E-state index contributed by atoms with van der Waals surface area (Å²) in [5.74, 6) is 1.51. The Morgan fingerprint density at radius 3 is 2.85 bits per heavy atom. The third kappa shape index (κ3) is 2.86. The third-order valence-electron chi connectivity index (χ3n) is 4.92. The predicted octanol–water partition coefficient (Wildman–Crippen LogP) is 2.18. The van der Waals surface area contributed by atoms with Crippen molar-refractivity contribution >= 4 is 16.9 Å². The van der Waals surface area contributed by atoms with Crippen LogP contribution >= 0.6 is 0 Å². The molecule has 0 bridgehead atoms. The SMILES string of the molecule is CC1(Oc2ccc3[nH]nc(-c4cc(N5CCOCC5)ncn4)c3n2)CC1. The van der Waals surface area contributed by atoms with E-state index in [0.717, 1.165) is 48.5 Å². The van der Waals surface area contributed by atoms with Crippen LogP contribution in [0.25, 0.3) is 22.4 Å². The van der Waals surface area contributed by atoms with Crippen LogP contribution in [0.1, 0.15) is 19.8 Å². The van der Waals surface area contributed by atoms with E-state index in [-0.39, 0.29) is 5.60 Å². The fraction of sp³-hybridized carbons (Fsp3) is 0.444. The van der Waals surface area contributed by atoms with Gasteiger partial charge in [0.2, 0.25) is 5.88 Å². The molecule has 0 unspecified atom stereocenters. The van der Waals surface area contributed by atoms with Gasteiger partial charge in [-0.2, -0.15) is 5.10 Å². The minimum atomic E-state index is -0.0665. The molecule has 1 saturated carbocycles. The second-order valence-corrected chi connectivity index (χ2v) is 7.03. The zero-order valence-corrected chi connectivity index (χ0v) is 14.6. The van der Waals surface area contributed by atoms with Crippen molar-refractivity contribution in [3.63, 3.8) is 0 Å². The van der Waals surface area contributed by atoms with E-state index in [1.165, 1.54) is 0 Å². The van der Waals surface area contributed by atoms with Crippen LogP contribution in [-0.2, 0) is 4.74 Å². The van der Waals surface area contributed by atoms with Crippen molar-refractivity contribution in [1.29, 1.82) is 0 Å². The molecule has 4 heterocycles. The Morgan fingerprint density at radius 1 is 1.19 bits per heavy atom. The molecule has 1 aliphatic heterocycles. The first-order valence-corrected chi connectivity index (χ1v) is 8.89. The maximum Gasteiger partial charge on any atom is 0.214 e. The number of rotatable bonds is 4. The molecule has 0 radical (unpaired) electrons. The normalized spacial score (nSPS) is 18.9. The average Bonchev–Trinajstić information content (AvgIpc) is 3.25. The lowest BCUT2D eigenvalue weighted by Crippen LogP contribution is -2.36. The van der Waals surface area contributed by atoms with E-state index in [9.17, 15) is 0 Å². The minimum Gasteiger partial charge on any atom is -0.471 e. The van der Waals surface area contributed by atoms with E-state index < -0.39 is 0 Å². The van der Waals surface area contributed by atoms with Crippen LogP contribution in [0.2, 0.25) is 0 Å². The molecule has 3 aromatic rings. The molecule has 5 rings (SSSR count). The van der Waals surface area contributed by atoms with Gasteiger partial charge in [-0.25, -0.2) is 15.0 Å². The molecule has 8 nitrogen and oxygen atoms in total. The summed E-state index contributed by atoms with van der Waals surface area (Å²) in [6.07, 6.45) is 3.71. The second kappa shape index (κ2) is 5.91. The highest BCUT2D eigenvalue weighted by Crippen LogP contribution is 2.39. The lowest BCUT2D eigenvalue weighted by molar-refractivity contribution is 0.122. The van der Waals surface area contributed by atoms with Gasteiger partial charge in [-0.05, 0) is 25.8 Å². The lowest BCUT2D eigenvalue weighted by atomic mass is 10.2. The predicted molar refractivity (Wildman–Crippen MR) is 96.2 cm³/mol. The lowest BCUT2D eigenvalue weighted by Gasteiger charge is -2.27. The van der Waals surface area contributed by atoms with Crippen molar-refractivity contribution in [3.05, 3.63) is 24.5 Å². The van der Waals surface area contributed by atoms with Gasteiger partial charge in [-0.3, -0.25) is 5.10 Å². The van der Waals surface area contributed by atoms with Crippen LogP contribution in [0, 0.1) is 0 Å². The molecule has 2 aliphatic rings. The third-order valence-corrected chi connectivity index (χ3v) is 4.92. The summed E-state index contributed by atoms with van der Waals surface area (Å²) >= 11 is 0. The van der Waals surface area contributed by atoms with Crippen molar-refractivity contribution in [1.82, 2.24) is 25.1 Å². The maximum atomic E-state index is 5.99. The summed E-state index contributed by atoms with van der Waals surface area (Å²) in [6, 6.07) is 5.79. The molecular formula is C18H20N6O2. The standard InChI is InChI=1S/C18H20N6O2/c1-18(4-5-18)26-15-3-2-12-16(21-15)17(23-22-12)13-10-14(20-11-19-13)24-6-8-25-9-7-24/h2-3,10-11H,4-9H2,1H3,(H,22,23). The Morgan fingerprint density at radius 2 is 2.04 bits per heavy atom. The smallest absolute Gasteiger partial charge is 0.214 e. The van der Waals surface area contributed by atoms with E-state index in [4.69, 9.17) is 9.47 Å². The number of ether oxygens (including phenoxy) is 2. The summed E-state index contributed by atoms with van der Waals surface area (Å²) < 4.78 is 11.4. The van der Waals surface area contributed by atoms with Gasteiger partial charge in [0.15, 0.2) is 0 Å². The maximum absolute atomic E-state index is 5.99. The zero-order valence-electron chi connectivity index (χ0n) is 14.6. The number of nitrogens with one attached hydrogen (secondary N) is 1. The van der Waals surface area contributed by atoms with Crippen LogP contribution in [0.3, 0.4) is 0 Å². The van der Waals surface area contributed by atoms with Gasteiger partial charge < -0.3 is 14.4 Å². The van der Waals surface area contributed by atoms with E-state index in [2.05, 4.69) is 37.0 Å². The molecule has 26 heavy (non-hydrogen) atoms. The van der Waals surface area contributed by atoms with Crippen LogP contribution in [0.5, 0.6) is 5.88 Å². The zero-order chi connectivity index (χ0) is 17.6. The number of fused-ring (bicyclic) bond motifs is 1. The van der Waals surface area contributed by atoms with Gasteiger partial charge in [0.05, 0.1) is 24.4 Å². The summed E-state index contributed by atoms with van der Waals surface area (Å²) in [6.45, 7) is 5.19. The molecule has 1 saturated heterocycles. The highest BCUT2D eigenvalue weighted by molar-refractivity contribution is 5.89. The van der Waals surface area contributed by atoms with Crippen molar-refractivity contribution in [3.8, 4) is 17.3 Å². The monoisotopic (exact) mass is 352 g/mol. The van der Waals surface area contributed by atoms with Crippen molar-refractivity contribution in [2.75, 3.05) is 31.2 Å². The largest absolute Gasteiger partial charge is 0.471 e. The molecule has 1 N–H and O–H groups in total. The molecule has 8 heteroatoms. The molecule has 0 amide bonds. The second-order valence-electron chi connectivity index (χ2n) is 7.03. The van der Waals surface area contributed by atoms with Gasteiger partial charge in [0.25, 0.3) is 0 Å². The number of hydrogen-bond acceptors (Lipinski definition) is 7. The van der Waals surface area contributed by atoms with Gasteiger partial charge in [-0.15, -0.1) is 0 Å². The van der Waals surface area contributed by atoms with Crippen LogP contribution in [0.4, 0.5) is 5.82 Å². The minimum absolute atomic E-state index is 0.0665. The first-order chi connectivity index (χ1) is 12.7. The highest BCUT2D eigenvalue weighted by Gasteiger charge is 2.40. The van der Waals surface area contributed by atoms with Gasteiger partial charge >= 0.3 is 0 Å². The van der Waals surface area contributed by atoms with E-state index in [1.807, 2.05) is 18.2 Å². The molecule has 0 spiro atoms. The number of H-pyrrole nitrogens is 1. The Bertz CT molecular complexity index is 946.